The molecule has 1 fully saturated rings. The van der Waals surface area contributed by atoms with E-state index < -0.39 is 0 Å². The fourth-order valence-electron chi connectivity index (χ4n) is 3.18. The number of nitrogens with zero attached hydrogens (tertiary/aromatic N) is 2. The molecule has 2 heterocycles. The van der Waals surface area contributed by atoms with Crippen molar-refractivity contribution in [1.29, 1.82) is 0 Å². The molecule has 0 spiro atoms. The van der Waals surface area contributed by atoms with E-state index in [-0.39, 0.29) is 0 Å². The van der Waals surface area contributed by atoms with Gasteiger partial charge >= 0.3 is 0 Å². The monoisotopic (exact) mass is 275 g/mol. The van der Waals surface area contributed by atoms with Gasteiger partial charge in [-0.05, 0) is 43.6 Å². The Hall–Kier alpha value is -1.16. The summed E-state index contributed by atoms with van der Waals surface area (Å²) < 4.78 is 3.10. The lowest BCUT2D eigenvalue weighted by molar-refractivity contribution is 0.374. The Morgan fingerprint density at radius 3 is 2.63 bits per heavy atom. The first kappa shape index (κ1) is 12.9. The lowest BCUT2D eigenvalue weighted by Gasteiger charge is -2.21. The largest absolute Gasteiger partial charge is 0.329 e. The highest BCUT2D eigenvalue weighted by Gasteiger charge is 2.18. The van der Waals surface area contributed by atoms with Crippen LogP contribution in [-0.4, -0.2) is 14.5 Å². The highest BCUT2D eigenvalue weighted by atomic mass is 32.1. The van der Waals surface area contributed by atoms with Gasteiger partial charge in [0, 0.05) is 12.2 Å². The third-order valence-corrected chi connectivity index (χ3v) is 4.56. The molecule has 3 nitrogen and oxygen atoms in total. The van der Waals surface area contributed by atoms with Gasteiger partial charge in [-0.2, -0.15) is 0 Å². The molecule has 0 amide bonds. The maximum atomic E-state index is 5.54. The van der Waals surface area contributed by atoms with Crippen LogP contribution in [0, 0.1) is 11.7 Å². The van der Waals surface area contributed by atoms with Gasteiger partial charge in [0.05, 0.1) is 5.52 Å². The zero-order valence-electron chi connectivity index (χ0n) is 11.5. The summed E-state index contributed by atoms with van der Waals surface area (Å²) in [6.45, 7) is 2.11. The van der Waals surface area contributed by atoms with Crippen LogP contribution in [-0.2, 0) is 0 Å². The molecule has 1 N–H and O–H groups in total. The Balaban J connectivity index is 2.05. The summed E-state index contributed by atoms with van der Waals surface area (Å²) in [7, 11) is 0. The smallest absolute Gasteiger partial charge is 0.179 e. The van der Waals surface area contributed by atoms with E-state index in [0.717, 1.165) is 15.9 Å². The minimum atomic E-state index is 0.524. The molecule has 0 aromatic carbocycles. The predicted octanol–water partition coefficient (Wildman–Crippen LogP) is 4.69. The number of nitrogens with one attached hydrogen (secondary N) is 1. The molecule has 0 atom stereocenters. The van der Waals surface area contributed by atoms with Gasteiger partial charge in [0.2, 0.25) is 0 Å². The van der Waals surface area contributed by atoms with Gasteiger partial charge in [-0.1, -0.05) is 32.1 Å². The van der Waals surface area contributed by atoms with Gasteiger partial charge in [0.25, 0.3) is 0 Å². The summed E-state index contributed by atoms with van der Waals surface area (Å²) in [6.07, 6.45) is 11.1. The fraction of sp³-hybridized carbons (Fsp3) is 0.600. The van der Waals surface area contributed by atoms with Crippen LogP contribution in [0.2, 0.25) is 0 Å². The number of pyridine rings is 1. The van der Waals surface area contributed by atoms with Crippen molar-refractivity contribution in [3.05, 3.63) is 22.6 Å². The summed E-state index contributed by atoms with van der Waals surface area (Å²) in [4.78, 5) is 7.90. The van der Waals surface area contributed by atoms with Crippen molar-refractivity contribution >= 4 is 23.4 Å². The average molecular weight is 275 g/mol. The van der Waals surface area contributed by atoms with Gasteiger partial charge in [-0.15, -0.1) is 0 Å². The standard InChI is InChI=1S/C15H21N3S/c1-11-9-10-16-14-13(11)17-15(19)18(14)12-7-5-3-2-4-6-8-12/h9-10,12H,2-8H2,1H3,(H,17,19). The molecule has 3 rings (SSSR count). The van der Waals surface area contributed by atoms with Crippen LogP contribution in [0.4, 0.5) is 0 Å². The molecule has 0 saturated heterocycles. The quantitative estimate of drug-likeness (QED) is 0.766. The first-order valence-electron chi connectivity index (χ1n) is 7.33. The fourth-order valence-corrected chi connectivity index (χ4v) is 3.51. The van der Waals surface area contributed by atoms with Crippen LogP contribution in [0.3, 0.4) is 0 Å². The molecule has 102 valence electrons. The molecule has 0 bridgehead atoms. The number of fused-ring (bicyclic) bond motifs is 1. The van der Waals surface area contributed by atoms with E-state index in [4.69, 9.17) is 12.2 Å². The first-order valence-corrected chi connectivity index (χ1v) is 7.74. The highest BCUT2D eigenvalue weighted by Crippen LogP contribution is 2.29. The number of aromatic nitrogens is 3. The normalized spacial score (nSPS) is 18.4. The van der Waals surface area contributed by atoms with Crippen molar-refractivity contribution in [3.8, 4) is 0 Å². The number of aryl methyl sites for hydroxylation is 1. The van der Waals surface area contributed by atoms with Crippen molar-refractivity contribution in [1.82, 2.24) is 14.5 Å². The van der Waals surface area contributed by atoms with E-state index in [1.165, 1.54) is 50.5 Å². The zero-order valence-corrected chi connectivity index (χ0v) is 12.3. The summed E-state index contributed by atoms with van der Waals surface area (Å²) in [6, 6.07) is 2.56. The highest BCUT2D eigenvalue weighted by molar-refractivity contribution is 7.71. The molecule has 0 radical (unpaired) electrons. The maximum absolute atomic E-state index is 5.54. The van der Waals surface area contributed by atoms with Crippen molar-refractivity contribution in [2.45, 2.75) is 57.9 Å². The van der Waals surface area contributed by atoms with Gasteiger partial charge in [0.1, 0.15) is 0 Å². The minimum absolute atomic E-state index is 0.524. The number of H-pyrrole nitrogens is 1. The Labute approximate surface area is 119 Å². The minimum Gasteiger partial charge on any atom is -0.329 e. The Morgan fingerprint density at radius 1 is 1.21 bits per heavy atom. The molecule has 0 unspecified atom stereocenters. The zero-order chi connectivity index (χ0) is 13.2. The second-order valence-electron chi connectivity index (χ2n) is 5.63. The van der Waals surface area contributed by atoms with E-state index in [0.29, 0.717) is 6.04 Å². The van der Waals surface area contributed by atoms with E-state index >= 15 is 0 Å². The first-order chi connectivity index (χ1) is 9.27. The molecule has 1 aliphatic rings. The Morgan fingerprint density at radius 2 is 1.89 bits per heavy atom. The van der Waals surface area contributed by atoms with Crippen LogP contribution in [0.15, 0.2) is 12.3 Å². The summed E-state index contributed by atoms with van der Waals surface area (Å²) in [5.74, 6) is 0. The second-order valence-corrected chi connectivity index (χ2v) is 6.01. The third-order valence-electron chi connectivity index (χ3n) is 4.26. The number of hydrogen-bond donors (Lipinski definition) is 1. The van der Waals surface area contributed by atoms with Crippen LogP contribution in [0.5, 0.6) is 0 Å². The van der Waals surface area contributed by atoms with Crippen LogP contribution >= 0.6 is 12.2 Å². The average Bonchev–Trinajstić information content (AvgIpc) is 2.68. The van der Waals surface area contributed by atoms with Gasteiger partial charge < -0.3 is 4.98 Å². The number of imidazole rings is 1. The number of aromatic amines is 1. The van der Waals surface area contributed by atoms with Crippen LogP contribution in [0.1, 0.15) is 56.6 Å². The molecule has 1 aliphatic carbocycles. The second kappa shape index (κ2) is 5.45. The molecule has 19 heavy (non-hydrogen) atoms. The number of rotatable bonds is 1. The maximum Gasteiger partial charge on any atom is 0.179 e. The molecular formula is C15H21N3S. The van der Waals surface area contributed by atoms with Gasteiger partial charge in [-0.3, -0.25) is 4.57 Å². The topological polar surface area (TPSA) is 33.6 Å². The number of hydrogen-bond acceptors (Lipinski definition) is 2. The summed E-state index contributed by atoms with van der Waals surface area (Å²) in [5.41, 5.74) is 3.37. The lowest BCUT2D eigenvalue weighted by Crippen LogP contribution is -2.11. The SMILES string of the molecule is Cc1ccnc2c1[nH]c(=S)n2C1CCCCCCC1. The van der Waals surface area contributed by atoms with Crippen molar-refractivity contribution in [3.63, 3.8) is 0 Å². The predicted molar refractivity (Wildman–Crippen MR) is 81.0 cm³/mol. The van der Waals surface area contributed by atoms with E-state index in [9.17, 15) is 0 Å². The molecule has 4 heteroatoms. The summed E-state index contributed by atoms with van der Waals surface area (Å²) in [5, 5.41) is 0. The van der Waals surface area contributed by atoms with E-state index in [2.05, 4.69) is 21.5 Å². The van der Waals surface area contributed by atoms with E-state index in [1.807, 2.05) is 12.3 Å². The third kappa shape index (κ3) is 2.46. The van der Waals surface area contributed by atoms with Crippen LogP contribution in [0.25, 0.3) is 11.2 Å². The molecule has 2 aromatic heterocycles. The molecule has 1 saturated carbocycles. The lowest BCUT2D eigenvalue weighted by atomic mass is 9.96. The summed E-state index contributed by atoms with van der Waals surface area (Å²) >= 11 is 5.54. The molecule has 0 aliphatic heterocycles. The van der Waals surface area contributed by atoms with Crippen molar-refractivity contribution < 1.29 is 0 Å². The molecular weight excluding hydrogens is 254 g/mol. The Kier molecular flexibility index (Phi) is 3.69. The van der Waals surface area contributed by atoms with Gasteiger partial charge in [0.15, 0.2) is 10.4 Å². The Bertz CT molecular complexity index is 618. The van der Waals surface area contributed by atoms with E-state index in [1.54, 1.807) is 0 Å². The van der Waals surface area contributed by atoms with Gasteiger partial charge in [-0.25, -0.2) is 4.98 Å². The van der Waals surface area contributed by atoms with Crippen LogP contribution < -0.4 is 0 Å². The molecule has 2 aromatic rings. The van der Waals surface area contributed by atoms with Crippen molar-refractivity contribution in [2.24, 2.45) is 0 Å². The van der Waals surface area contributed by atoms with Crippen molar-refractivity contribution in [2.75, 3.05) is 0 Å².